The number of imidazole rings is 1. The highest BCUT2D eigenvalue weighted by atomic mass is 19.1. The lowest BCUT2D eigenvalue weighted by molar-refractivity contribution is 0.384. The number of anilines is 2. The number of rotatable bonds is 7. The second-order valence-corrected chi connectivity index (χ2v) is 9.68. The van der Waals surface area contributed by atoms with Gasteiger partial charge < -0.3 is 20.5 Å². The molecule has 1 aliphatic heterocycles. The summed E-state index contributed by atoms with van der Waals surface area (Å²) < 4.78 is 46.4. The number of nitrogens with one attached hydrogen (secondary N) is 3. The van der Waals surface area contributed by atoms with Gasteiger partial charge in [-0.3, -0.25) is 0 Å². The van der Waals surface area contributed by atoms with Crippen molar-refractivity contribution >= 4 is 22.7 Å². The minimum Gasteiger partial charge on any atom is -0.326 e. The molecule has 4 aromatic rings. The number of nitrogens with zero attached hydrogens (tertiary/aromatic N) is 4. The normalized spacial score (nSPS) is 14.6. The number of aryl methyl sites for hydroxylation is 1. The van der Waals surface area contributed by atoms with Crippen LogP contribution in [0.1, 0.15) is 44.1 Å². The molecular formula is C27H30F3N7. The average Bonchev–Trinajstić information content (AvgIpc) is 3.22. The predicted molar refractivity (Wildman–Crippen MR) is 138 cm³/mol. The average molecular weight is 510 g/mol. The topological polar surface area (TPSA) is 79.7 Å². The first-order valence-corrected chi connectivity index (χ1v) is 12.5. The lowest BCUT2D eigenvalue weighted by Gasteiger charge is -2.24. The Labute approximate surface area is 213 Å². The largest absolute Gasteiger partial charge is 0.326 e. The maximum absolute atomic E-state index is 14.9. The van der Waals surface area contributed by atoms with Crippen LogP contribution in [0.2, 0.25) is 0 Å². The summed E-state index contributed by atoms with van der Waals surface area (Å²) in [6.07, 6.45) is 3.05. The highest BCUT2D eigenvalue weighted by molar-refractivity contribution is 5.83. The van der Waals surface area contributed by atoms with Gasteiger partial charge in [-0.1, -0.05) is 6.07 Å². The van der Waals surface area contributed by atoms with E-state index in [9.17, 15) is 13.2 Å². The second kappa shape index (κ2) is 10.5. The molecule has 0 saturated carbocycles. The highest BCUT2D eigenvalue weighted by Gasteiger charge is 2.19. The van der Waals surface area contributed by atoms with Crippen molar-refractivity contribution in [1.29, 1.82) is 0 Å². The molecule has 5 rings (SSSR count). The quantitative estimate of drug-likeness (QED) is 0.310. The van der Waals surface area contributed by atoms with E-state index in [2.05, 4.69) is 30.9 Å². The monoisotopic (exact) mass is 509 g/mol. The number of halogens is 3. The number of hydrogen-bond donors (Lipinski definition) is 3. The summed E-state index contributed by atoms with van der Waals surface area (Å²) in [6.45, 7) is 8.11. The van der Waals surface area contributed by atoms with Crippen LogP contribution < -0.4 is 16.0 Å². The molecule has 0 atom stereocenters. The molecule has 0 unspecified atom stereocenters. The Hall–Kier alpha value is -3.50. The fourth-order valence-corrected chi connectivity index (χ4v) is 4.87. The number of hydrogen-bond acceptors (Lipinski definition) is 6. The molecule has 1 fully saturated rings. The molecule has 2 aromatic carbocycles. The van der Waals surface area contributed by atoms with Crippen molar-refractivity contribution in [1.82, 2.24) is 30.2 Å². The van der Waals surface area contributed by atoms with E-state index in [0.717, 1.165) is 32.1 Å². The number of aromatic nitrogens is 4. The van der Waals surface area contributed by atoms with Gasteiger partial charge in [-0.2, -0.15) is 0 Å². The maximum atomic E-state index is 14.9. The zero-order valence-corrected chi connectivity index (χ0v) is 21.1. The Balaban J connectivity index is 1.38. The third kappa shape index (κ3) is 5.30. The van der Waals surface area contributed by atoms with Crippen molar-refractivity contribution in [3.05, 3.63) is 65.4 Å². The molecule has 37 heavy (non-hydrogen) atoms. The van der Waals surface area contributed by atoms with Crippen LogP contribution >= 0.6 is 0 Å². The molecule has 7 nitrogen and oxygen atoms in total. The van der Waals surface area contributed by atoms with Gasteiger partial charge in [-0.25, -0.2) is 28.1 Å². The molecule has 1 aliphatic rings. The molecule has 194 valence electrons. The van der Waals surface area contributed by atoms with Crippen LogP contribution in [0, 0.1) is 24.4 Å². The van der Waals surface area contributed by atoms with Crippen molar-refractivity contribution in [3.8, 4) is 11.3 Å². The number of benzene rings is 2. The van der Waals surface area contributed by atoms with Gasteiger partial charge in [0.25, 0.3) is 0 Å². The third-order valence-corrected chi connectivity index (χ3v) is 6.69. The minimum absolute atomic E-state index is 0.0415. The van der Waals surface area contributed by atoms with Gasteiger partial charge in [0.2, 0.25) is 5.95 Å². The smallest absolute Gasteiger partial charge is 0.227 e. The van der Waals surface area contributed by atoms with E-state index < -0.39 is 11.6 Å². The SMILES string of the molecule is Cc1nc2c(F)cc(-c3nc(Nc4ccc(CNC5CCNCC5)c(F)c4)ncc3F)cc2n1C(C)C. The fraction of sp³-hybridized carbons (Fsp3) is 0.370. The Morgan fingerprint density at radius 1 is 1.03 bits per heavy atom. The Morgan fingerprint density at radius 3 is 2.54 bits per heavy atom. The summed E-state index contributed by atoms with van der Waals surface area (Å²) >= 11 is 0. The Bertz CT molecular complexity index is 1430. The molecule has 3 N–H and O–H groups in total. The summed E-state index contributed by atoms with van der Waals surface area (Å²) in [4.78, 5) is 12.6. The summed E-state index contributed by atoms with van der Waals surface area (Å²) in [5.74, 6) is -0.868. The molecule has 0 radical (unpaired) electrons. The van der Waals surface area contributed by atoms with Crippen LogP contribution in [0.5, 0.6) is 0 Å². The molecule has 2 aromatic heterocycles. The van der Waals surface area contributed by atoms with E-state index in [0.29, 0.717) is 35.2 Å². The van der Waals surface area contributed by atoms with Crippen LogP contribution in [0.25, 0.3) is 22.3 Å². The van der Waals surface area contributed by atoms with Gasteiger partial charge >= 0.3 is 0 Å². The zero-order chi connectivity index (χ0) is 26.1. The number of piperidine rings is 1. The lowest BCUT2D eigenvalue weighted by Crippen LogP contribution is -2.39. The molecule has 10 heteroatoms. The van der Waals surface area contributed by atoms with Crippen molar-refractivity contribution in [2.75, 3.05) is 18.4 Å². The van der Waals surface area contributed by atoms with E-state index in [-0.39, 0.29) is 34.6 Å². The molecule has 1 saturated heterocycles. The molecule has 0 spiro atoms. The van der Waals surface area contributed by atoms with Crippen LogP contribution in [0.4, 0.5) is 24.8 Å². The van der Waals surface area contributed by atoms with Crippen LogP contribution in [-0.4, -0.2) is 38.7 Å². The molecule has 0 amide bonds. The first kappa shape index (κ1) is 25.2. The van der Waals surface area contributed by atoms with Gasteiger partial charge in [-0.15, -0.1) is 0 Å². The first-order chi connectivity index (χ1) is 17.8. The van der Waals surface area contributed by atoms with E-state index in [1.807, 2.05) is 18.4 Å². The summed E-state index contributed by atoms with van der Waals surface area (Å²) in [5, 5.41) is 9.65. The Morgan fingerprint density at radius 2 is 1.81 bits per heavy atom. The number of fused-ring (bicyclic) bond motifs is 1. The lowest BCUT2D eigenvalue weighted by atomic mass is 10.1. The van der Waals surface area contributed by atoms with Crippen LogP contribution in [0.3, 0.4) is 0 Å². The van der Waals surface area contributed by atoms with Gasteiger partial charge in [0.15, 0.2) is 11.6 Å². The minimum atomic E-state index is -0.692. The second-order valence-electron chi connectivity index (χ2n) is 9.68. The molecule has 3 heterocycles. The van der Waals surface area contributed by atoms with Crippen LogP contribution in [0.15, 0.2) is 36.5 Å². The first-order valence-electron chi connectivity index (χ1n) is 12.5. The van der Waals surface area contributed by atoms with Gasteiger partial charge in [0.1, 0.15) is 22.9 Å². The van der Waals surface area contributed by atoms with Crippen molar-refractivity contribution in [2.24, 2.45) is 0 Å². The van der Waals surface area contributed by atoms with E-state index in [1.165, 1.54) is 12.1 Å². The van der Waals surface area contributed by atoms with Crippen molar-refractivity contribution in [3.63, 3.8) is 0 Å². The standard InChI is InChI=1S/C27H30F3N7/c1-15(2)37-16(3)34-26-22(29)10-18(11-24(26)37)25-23(30)14-33-27(36-25)35-20-5-4-17(21(28)12-20)13-32-19-6-8-31-9-7-19/h4-5,10-12,14-15,19,31-32H,6-9,13H2,1-3H3,(H,33,35,36). The van der Waals surface area contributed by atoms with E-state index >= 15 is 0 Å². The molecule has 0 aliphatic carbocycles. The van der Waals surface area contributed by atoms with E-state index in [4.69, 9.17) is 0 Å². The summed E-state index contributed by atoms with van der Waals surface area (Å²) in [5.41, 5.74) is 1.98. The molecular weight excluding hydrogens is 479 g/mol. The van der Waals surface area contributed by atoms with Gasteiger partial charge in [0, 0.05) is 35.4 Å². The predicted octanol–water partition coefficient (Wildman–Crippen LogP) is 5.39. The fourth-order valence-electron chi connectivity index (χ4n) is 4.87. The van der Waals surface area contributed by atoms with Crippen molar-refractivity contribution < 1.29 is 13.2 Å². The van der Waals surface area contributed by atoms with Crippen molar-refractivity contribution in [2.45, 2.75) is 52.2 Å². The zero-order valence-electron chi connectivity index (χ0n) is 21.1. The summed E-state index contributed by atoms with van der Waals surface area (Å²) in [6, 6.07) is 8.10. The maximum Gasteiger partial charge on any atom is 0.227 e. The Kier molecular flexibility index (Phi) is 7.12. The molecule has 0 bridgehead atoms. The third-order valence-electron chi connectivity index (χ3n) is 6.69. The van der Waals surface area contributed by atoms with E-state index in [1.54, 1.807) is 25.1 Å². The highest BCUT2D eigenvalue weighted by Crippen LogP contribution is 2.30. The van der Waals surface area contributed by atoms with Gasteiger partial charge in [0.05, 0.1) is 11.7 Å². The summed E-state index contributed by atoms with van der Waals surface area (Å²) in [7, 11) is 0. The van der Waals surface area contributed by atoms with Crippen LogP contribution in [-0.2, 0) is 6.54 Å². The van der Waals surface area contributed by atoms with Gasteiger partial charge in [-0.05, 0) is 71.0 Å².